The van der Waals surface area contributed by atoms with Gasteiger partial charge in [0.2, 0.25) is 0 Å². The summed E-state index contributed by atoms with van der Waals surface area (Å²) in [5, 5.41) is 6.12. The van der Waals surface area contributed by atoms with Crippen molar-refractivity contribution in [3.05, 3.63) is 95.1 Å². The van der Waals surface area contributed by atoms with E-state index in [2.05, 4.69) is 146 Å². The number of fused-ring (bicyclic) bond motifs is 4. The van der Waals surface area contributed by atoms with Crippen molar-refractivity contribution in [2.75, 3.05) is 0 Å². The predicted molar refractivity (Wildman–Crippen MR) is 209 cm³/mol. The van der Waals surface area contributed by atoms with Gasteiger partial charge in [0.1, 0.15) is 0 Å². The Morgan fingerprint density at radius 1 is 0.778 bits per heavy atom. The minimum atomic E-state index is -4.02. The molecule has 1 heterocycles. The molecule has 1 aliphatic carbocycles. The van der Waals surface area contributed by atoms with Crippen molar-refractivity contribution < 1.29 is 17.9 Å². The van der Waals surface area contributed by atoms with Gasteiger partial charge >= 0.3 is 290 Å². The molecule has 0 saturated carbocycles. The molecular formula is C39H48Cl2Si3Zr. The molecule has 4 aromatic rings. The Labute approximate surface area is 288 Å². The first-order chi connectivity index (χ1) is 20.9. The van der Waals surface area contributed by atoms with Crippen LogP contribution in [-0.2, 0) is 23.3 Å². The van der Waals surface area contributed by atoms with Crippen LogP contribution < -0.4 is 24.0 Å². The molecule has 6 heteroatoms. The second-order valence-electron chi connectivity index (χ2n) is 16.3. The number of allylic oxidation sites excluding steroid dienone is 1. The molecule has 0 N–H and O–H groups in total. The molecule has 45 heavy (non-hydrogen) atoms. The number of rotatable bonds is 6. The molecule has 1 atom stereocenters. The predicted octanol–water partition coefficient (Wildman–Crippen LogP) is 8.48. The van der Waals surface area contributed by atoms with Crippen LogP contribution in [0, 0.1) is 0 Å². The second kappa shape index (κ2) is 11.7. The molecule has 0 saturated heterocycles. The van der Waals surface area contributed by atoms with Crippen LogP contribution in [0.2, 0.25) is 39.3 Å². The van der Waals surface area contributed by atoms with Crippen LogP contribution in [-0.4, -0.2) is 25.7 Å². The van der Waals surface area contributed by atoms with Crippen molar-refractivity contribution in [1.82, 2.24) is 0 Å². The van der Waals surface area contributed by atoms with Crippen LogP contribution in [0.15, 0.2) is 78.4 Å². The van der Waals surface area contributed by atoms with Crippen LogP contribution in [0.4, 0.5) is 0 Å². The summed E-state index contributed by atoms with van der Waals surface area (Å²) in [4.78, 5) is 0. The first kappa shape index (κ1) is 33.6. The third-order valence-electron chi connectivity index (χ3n) is 10.0. The van der Waals surface area contributed by atoms with Gasteiger partial charge in [-0.1, -0.05) is 0 Å². The van der Waals surface area contributed by atoms with E-state index in [1.165, 1.54) is 58.2 Å². The van der Waals surface area contributed by atoms with Gasteiger partial charge in [-0.25, -0.2) is 0 Å². The molecule has 0 nitrogen and oxygen atoms in total. The summed E-state index contributed by atoms with van der Waals surface area (Å²) in [5.41, 5.74) is 11.1. The molecular weight excluding hydrogens is 715 g/mol. The fourth-order valence-electron chi connectivity index (χ4n) is 7.44. The molecule has 1 unspecified atom stereocenters. The van der Waals surface area contributed by atoms with Gasteiger partial charge < -0.3 is 0 Å². The summed E-state index contributed by atoms with van der Waals surface area (Å²) < 4.78 is 1.42. The third kappa shape index (κ3) is 6.00. The zero-order valence-corrected chi connectivity index (χ0v) is 36.1. The summed E-state index contributed by atoms with van der Waals surface area (Å²) >= 11 is -4.02. The summed E-state index contributed by atoms with van der Waals surface area (Å²) in [6, 6.07) is 28.2. The molecule has 2 aliphatic rings. The Morgan fingerprint density at radius 3 is 2.00 bits per heavy atom. The van der Waals surface area contributed by atoms with Crippen molar-refractivity contribution in [3.63, 3.8) is 0 Å². The first-order valence-electron chi connectivity index (χ1n) is 16.6. The Hall–Kier alpha value is -1.27. The third-order valence-corrected chi connectivity index (χ3v) is 28.4. The van der Waals surface area contributed by atoms with Crippen LogP contribution in [0.25, 0.3) is 28.3 Å². The number of hydrogen-bond acceptors (Lipinski definition) is 0. The Bertz CT molecular complexity index is 1820. The van der Waals surface area contributed by atoms with E-state index in [1.54, 1.807) is 10.4 Å². The van der Waals surface area contributed by atoms with Crippen molar-refractivity contribution in [1.29, 1.82) is 0 Å². The van der Waals surface area contributed by atoms with Gasteiger partial charge in [-0.2, -0.15) is 0 Å². The summed E-state index contributed by atoms with van der Waals surface area (Å²) in [5.74, 6) is 0. The number of benzene rings is 4. The zero-order chi connectivity index (χ0) is 32.7. The van der Waals surface area contributed by atoms with Gasteiger partial charge in [0.15, 0.2) is 0 Å². The fraction of sp³-hybridized carbons (Fsp3) is 0.333. The molecule has 0 amide bonds. The van der Waals surface area contributed by atoms with E-state index < -0.39 is 43.5 Å². The molecule has 0 bridgehead atoms. The molecule has 6 rings (SSSR count). The van der Waals surface area contributed by atoms with Crippen LogP contribution in [0.5, 0.6) is 0 Å². The number of hydrogen-bond donors (Lipinski definition) is 0. The van der Waals surface area contributed by atoms with Gasteiger partial charge in [0.25, 0.3) is 0 Å². The molecule has 0 aromatic heterocycles. The Morgan fingerprint density at radius 2 is 1.40 bits per heavy atom. The molecule has 0 radical (unpaired) electrons. The summed E-state index contributed by atoms with van der Waals surface area (Å²) in [6.07, 6.45) is 3.47. The first-order valence-corrected chi connectivity index (χ1v) is 33.9. The van der Waals surface area contributed by atoms with Crippen molar-refractivity contribution >= 4 is 72.8 Å². The van der Waals surface area contributed by atoms with E-state index in [1.807, 2.05) is 0 Å². The average molecular weight is 763 g/mol. The van der Waals surface area contributed by atoms with Crippen LogP contribution in [0.3, 0.4) is 0 Å². The van der Waals surface area contributed by atoms with Gasteiger partial charge in [0, 0.05) is 0 Å². The molecule has 0 spiro atoms. The van der Waals surface area contributed by atoms with Gasteiger partial charge in [-0.05, 0) is 0 Å². The van der Waals surface area contributed by atoms with Gasteiger partial charge in [-0.15, -0.1) is 0 Å². The topological polar surface area (TPSA) is 0 Å². The summed E-state index contributed by atoms with van der Waals surface area (Å²) in [6.45, 7) is 24.3. The van der Waals surface area contributed by atoms with Gasteiger partial charge in [0.05, 0.1) is 0 Å². The van der Waals surface area contributed by atoms with Crippen LogP contribution >= 0.6 is 17.0 Å². The van der Waals surface area contributed by atoms with E-state index in [0.717, 1.165) is 6.42 Å². The minimum absolute atomic E-state index is 0.00289. The van der Waals surface area contributed by atoms with Crippen molar-refractivity contribution in [2.45, 2.75) is 82.4 Å². The van der Waals surface area contributed by atoms with E-state index >= 15 is 0 Å². The molecule has 4 aromatic carbocycles. The maximum atomic E-state index is 7.96. The van der Waals surface area contributed by atoms with E-state index in [9.17, 15) is 0 Å². The van der Waals surface area contributed by atoms with E-state index in [4.69, 9.17) is 17.0 Å². The van der Waals surface area contributed by atoms with Crippen molar-refractivity contribution in [2.24, 2.45) is 0 Å². The van der Waals surface area contributed by atoms with Crippen LogP contribution in [0.1, 0.15) is 54.4 Å². The quantitative estimate of drug-likeness (QED) is 0.152. The van der Waals surface area contributed by atoms with E-state index in [0.29, 0.717) is 0 Å². The molecule has 0 fully saturated rings. The number of halogens is 2. The monoisotopic (exact) mass is 760 g/mol. The second-order valence-corrected chi connectivity index (χ2v) is 42.3. The van der Waals surface area contributed by atoms with Crippen molar-refractivity contribution in [3.8, 4) is 22.3 Å². The standard InChI is InChI=1S/C27H39Si2.C12H9Si.2ClH.Zr/c1-11-19-14-20-12-13-25(27(2,3)4)26(24(20)15-19)21-16-22(28(5,6)7)18-23(17-21)29(8,9)10;1-3-7-11-9(5-1)10-6-2-4-8-12(10)13-11;;;/h12-18H,11H2,1-10H3;1-7H,13H2;2*1H;/q;;;;+2/p-2. The van der Waals surface area contributed by atoms with Gasteiger partial charge in [-0.3, -0.25) is 0 Å². The Kier molecular flexibility index (Phi) is 8.75. The normalized spacial score (nSPS) is 16.9. The molecule has 1 aliphatic heterocycles. The van der Waals surface area contributed by atoms with E-state index in [-0.39, 0.29) is 9.04 Å². The molecule has 234 valence electrons. The average Bonchev–Trinajstić information content (AvgIpc) is 3.53. The zero-order valence-electron chi connectivity index (χ0n) is 28.8. The Balaban J connectivity index is 1.59. The maximum absolute atomic E-state index is 7.96. The summed E-state index contributed by atoms with van der Waals surface area (Å²) in [7, 11) is 12.2. The fourth-order valence-corrected chi connectivity index (χ4v) is 27.0. The SMILES string of the molecule is CCC1=Cc2c(ccc(C(C)(C)C)c2-c2cc([Si](C)(C)C)cc([Si](C)(C)C)c2)[CH]1[Zr]([Cl])([Cl])[c]1cccc2c1[SiH2]c1ccccc1-2.